The monoisotopic (exact) mass is 249 g/mol. The molecule has 0 aliphatic heterocycles. The molecule has 0 bridgehead atoms. The van der Waals surface area contributed by atoms with Crippen LogP contribution in [0.5, 0.6) is 0 Å². The van der Waals surface area contributed by atoms with Crippen molar-refractivity contribution in [1.29, 1.82) is 0 Å². The van der Waals surface area contributed by atoms with Gasteiger partial charge in [0.15, 0.2) is 0 Å². The number of aryl methyl sites for hydroxylation is 2. The zero-order valence-corrected chi connectivity index (χ0v) is 12.3. The first-order valence-electron chi connectivity index (χ1n) is 7.06. The van der Waals surface area contributed by atoms with E-state index in [1.807, 2.05) is 6.92 Å². The van der Waals surface area contributed by atoms with Crippen LogP contribution >= 0.6 is 0 Å². The van der Waals surface area contributed by atoms with Gasteiger partial charge in [-0.2, -0.15) is 0 Å². The van der Waals surface area contributed by atoms with Crippen LogP contribution in [-0.2, 0) is 4.74 Å². The summed E-state index contributed by atoms with van der Waals surface area (Å²) < 4.78 is 5.42. The highest BCUT2D eigenvalue weighted by Crippen LogP contribution is 2.21. The summed E-state index contributed by atoms with van der Waals surface area (Å²) in [6.45, 7) is 11.2. The van der Waals surface area contributed by atoms with Crippen molar-refractivity contribution in [2.75, 3.05) is 19.8 Å². The Hall–Kier alpha value is -0.860. The highest BCUT2D eigenvalue weighted by molar-refractivity contribution is 5.30. The highest BCUT2D eigenvalue weighted by atomic mass is 16.5. The molecule has 102 valence electrons. The van der Waals surface area contributed by atoms with Crippen LogP contribution in [-0.4, -0.2) is 19.8 Å². The first kappa shape index (κ1) is 15.2. The van der Waals surface area contributed by atoms with Crippen LogP contribution in [0, 0.1) is 13.8 Å². The number of nitrogens with one attached hydrogen (secondary N) is 1. The van der Waals surface area contributed by atoms with E-state index >= 15 is 0 Å². The Balaban J connectivity index is 2.64. The first-order valence-corrected chi connectivity index (χ1v) is 7.06. The smallest absolute Gasteiger partial charge is 0.0466 e. The topological polar surface area (TPSA) is 21.3 Å². The second kappa shape index (κ2) is 8.28. The summed E-state index contributed by atoms with van der Waals surface area (Å²) in [5, 5.41) is 3.57. The molecular weight excluding hydrogens is 222 g/mol. The average molecular weight is 249 g/mol. The van der Waals surface area contributed by atoms with Crippen molar-refractivity contribution < 1.29 is 4.74 Å². The predicted molar refractivity (Wildman–Crippen MR) is 78.1 cm³/mol. The van der Waals surface area contributed by atoms with Crippen LogP contribution in [0.2, 0.25) is 0 Å². The summed E-state index contributed by atoms with van der Waals surface area (Å²) in [6.07, 6.45) is 2.25. The summed E-state index contributed by atoms with van der Waals surface area (Å²) >= 11 is 0. The van der Waals surface area contributed by atoms with Gasteiger partial charge in [0.25, 0.3) is 0 Å². The Morgan fingerprint density at radius 3 is 2.33 bits per heavy atom. The second-order valence-corrected chi connectivity index (χ2v) is 4.87. The molecular formula is C16H27NO. The number of hydrogen-bond donors (Lipinski definition) is 1. The summed E-state index contributed by atoms with van der Waals surface area (Å²) in [5.41, 5.74) is 4.10. The molecule has 1 atom stereocenters. The van der Waals surface area contributed by atoms with E-state index in [-0.39, 0.29) is 0 Å². The van der Waals surface area contributed by atoms with Crippen molar-refractivity contribution in [3.63, 3.8) is 0 Å². The van der Waals surface area contributed by atoms with E-state index in [1.165, 1.54) is 16.7 Å². The Morgan fingerprint density at radius 2 is 1.78 bits per heavy atom. The maximum atomic E-state index is 5.42. The SMILES string of the molecule is CCNC(CCCOCC)c1cc(C)cc(C)c1. The minimum Gasteiger partial charge on any atom is -0.382 e. The molecule has 1 unspecified atom stereocenters. The van der Waals surface area contributed by atoms with Crippen molar-refractivity contribution in [3.8, 4) is 0 Å². The van der Waals surface area contributed by atoms with Crippen molar-refractivity contribution >= 4 is 0 Å². The van der Waals surface area contributed by atoms with E-state index in [0.29, 0.717) is 6.04 Å². The minimum atomic E-state index is 0.453. The quantitative estimate of drug-likeness (QED) is 0.708. The minimum absolute atomic E-state index is 0.453. The molecule has 0 heterocycles. The molecule has 0 aliphatic carbocycles. The van der Waals surface area contributed by atoms with Gasteiger partial charge in [-0.15, -0.1) is 0 Å². The third-order valence-corrected chi connectivity index (χ3v) is 3.08. The van der Waals surface area contributed by atoms with Gasteiger partial charge in [-0.05, 0) is 45.7 Å². The summed E-state index contributed by atoms with van der Waals surface area (Å²) in [5.74, 6) is 0. The number of ether oxygens (including phenoxy) is 1. The lowest BCUT2D eigenvalue weighted by Crippen LogP contribution is -2.21. The van der Waals surface area contributed by atoms with Crippen LogP contribution in [0.25, 0.3) is 0 Å². The van der Waals surface area contributed by atoms with E-state index < -0.39 is 0 Å². The lowest BCUT2D eigenvalue weighted by Gasteiger charge is -2.19. The molecule has 1 rings (SSSR count). The van der Waals surface area contributed by atoms with Crippen LogP contribution in [0.1, 0.15) is 49.4 Å². The van der Waals surface area contributed by atoms with Crippen LogP contribution in [0.4, 0.5) is 0 Å². The number of hydrogen-bond acceptors (Lipinski definition) is 2. The van der Waals surface area contributed by atoms with Gasteiger partial charge in [0.05, 0.1) is 0 Å². The third-order valence-electron chi connectivity index (χ3n) is 3.08. The van der Waals surface area contributed by atoms with Crippen molar-refractivity contribution in [3.05, 3.63) is 34.9 Å². The van der Waals surface area contributed by atoms with Crippen molar-refractivity contribution in [2.24, 2.45) is 0 Å². The van der Waals surface area contributed by atoms with E-state index in [0.717, 1.165) is 32.6 Å². The molecule has 0 amide bonds. The van der Waals surface area contributed by atoms with Crippen molar-refractivity contribution in [1.82, 2.24) is 5.32 Å². The van der Waals surface area contributed by atoms with Gasteiger partial charge >= 0.3 is 0 Å². The molecule has 0 fully saturated rings. The fraction of sp³-hybridized carbons (Fsp3) is 0.625. The molecule has 0 aliphatic rings. The molecule has 0 aromatic heterocycles. The van der Waals surface area contributed by atoms with Gasteiger partial charge < -0.3 is 10.1 Å². The molecule has 0 spiro atoms. The molecule has 1 aromatic rings. The largest absolute Gasteiger partial charge is 0.382 e. The molecule has 2 heteroatoms. The Bertz CT molecular complexity index is 329. The number of rotatable bonds is 8. The zero-order chi connectivity index (χ0) is 13.4. The predicted octanol–water partition coefficient (Wildman–Crippen LogP) is 3.77. The Labute approximate surface area is 112 Å². The van der Waals surface area contributed by atoms with Gasteiger partial charge in [-0.1, -0.05) is 36.2 Å². The molecule has 0 radical (unpaired) electrons. The maximum absolute atomic E-state index is 5.42. The van der Waals surface area contributed by atoms with Gasteiger partial charge in [-0.3, -0.25) is 0 Å². The molecule has 0 saturated heterocycles. The molecule has 1 N–H and O–H groups in total. The van der Waals surface area contributed by atoms with Crippen LogP contribution in [0.15, 0.2) is 18.2 Å². The fourth-order valence-electron chi connectivity index (χ4n) is 2.38. The Morgan fingerprint density at radius 1 is 1.11 bits per heavy atom. The van der Waals surface area contributed by atoms with E-state index in [9.17, 15) is 0 Å². The van der Waals surface area contributed by atoms with Gasteiger partial charge in [0, 0.05) is 19.3 Å². The fourth-order valence-corrected chi connectivity index (χ4v) is 2.38. The summed E-state index contributed by atoms with van der Waals surface area (Å²) in [7, 11) is 0. The summed E-state index contributed by atoms with van der Waals surface area (Å²) in [4.78, 5) is 0. The van der Waals surface area contributed by atoms with E-state index in [1.54, 1.807) is 0 Å². The van der Waals surface area contributed by atoms with Gasteiger partial charge in [0.1, 0.15) is 0 Å². The van der Waals surface area contributed by atoms with E-state index in [2.05, 4.69) is 44.3 Å². The Kier molecular flexibility index (Phi) is 6.99. The lowest BCUT2D eigenvalue weighted by atomic mass is 9.98. The average Bonchev–Trinajstić information content (AvgIpc) is 2.32. The van der Waals surface area contributed by atoms with Gasteiger partial charge in [0.2, 0.25) is 0 Å². The molecule has 0 saturated carbocycles. The molecule has 18 heavy (non-hydrogen) atoms. The number of benzene rings is 1. The first-order chi connectivity index (χ1) is 8.67. The van der Waals surface area contributed by atoms with Crippen LogP contribution < -0.4 is 5.32 Å². The second-order valence-electron chi connectivity index (χ2n) is 4.87. The summed E-state index contributed by atoms with van der Waals surface area (Å²) in [6, 6.07) is 7.27. The van der Waals surface area contributed by atoms with Crippen LogP contribution in [0.3, 0.4) is 0 Å². The van der Waals surface area contributed by atoms with E-state index in [4.69, 9.17) is 4.74 Å². The highest BCUT2D eigenvalue weighted by Gasteiger charge is 2.10. The van der Waals surface area contributed by atoms with Gasteiger partial charge in [-0.25, -0.2) is 0 Å². The van der Waals surface area contributed by atoms with Crippen molar-refractivity contribution in [2.45, 2.75) is 46.6 Å². The molecule has 2 nitrogen and oxygen atoms in total. The standard InChI is InChI=1S/C16H27NO/c1-5-17-16(8-7-9-18-6-2)15-11-13(3)10-14(4)12-15/h10-12,16-17H,5-9H2,1-4H3. The zero-order valence-electron chi connectivity index (χ0n) is 12.3. The molecule has 1 aromatic carbocycles. The third kappa shape index (κ3) is 5.19. The maximum Gasteiger partial charge on any atom is 0.0466 e. The normalized spacial score (nSPS) is 12.7. The lowest BCUT2D eigenvalue weighted by molar-refractivity contribution is 0.141.